The first-order chi connectivity index (χ1) is 10.8. The Balaban J connectivity index is 1.61. The topological polar surface area (TPSA) is 41.5 Å². The predicted molar refractivity (Wildman–Crippen MR) is 87.9 cm³/mol. The van der Waals surface area contributed by atoms with E-state index in [1.54, 1.807) is 7.11 Å². The van der Waals surface area contributed by atoms with E-state index in [4.69, 9.17) is 4.74 Å². The fourth-order valence-electron chi connectivity index (χ4n) is 4.18. The van der Waals surface area contributed by atoms with Gasteiger partial charge in [0, 0.05) is 45.7 Å². The lowest BCUT2D eigenvalue weighted by Gasteiger charge is -2.35. The van der Waals surface area contributed by atoms with Crippen LogP contribution in [0.2, 0.25) is 0 Å². The molecule has 0 N–H and O–H groups in total. The van der Waals surface area contributed by atoms with Gasteiger partial charge in [0.25, 0.3) is 0 Å². The van der Waals surface area contributed by atoms with Gasteiger partial charge in [-0.05, 0) is 43.7 Å². The van der Waals surface area contributed by atoms with Crippen molar-refractivity contribution in [3.63, 3.8) is 0 Å². The molecule has 0 aromatic carbocycles. The lowest BCUT2D eigenvalue weighted by atomic mass is 9.74. The average Bonchev–Trinajstić information content (AvgIpc) is 2.99. The van der Waals surface area contributed by atoms with Crippen molar-refractivity contribution in [1.82, 2.24) is 14.9 Å². The number of aromatic nitrogens is 2. The Bertz CT molecular complexity index is 455. The van der Waals surface area contributed by atoms with Crippen LogP contribution in [-0.2, 0) is 4.74 Å². The van der Waals surface area contributed by atoms with Crippen LogP contribution in [0.25, 0.3) is 0 Å². The molecule has 2 aliphatic rings. The molecule has 22 heavy (non-hydrogen) atoms. The van der Waals surface area contributed by atoms with Crippen molar-refractivity contribution < 1.29 is 4.74 Å². The summed E-state index contributed by atoms with van der Waals surface area (Å²) < 4.78 is 5.20. The van der Waals surface area contributed by atoms with Gasteiger partial charge in [-0.25, -0.2) is 9.97 Å². The SMILES string of the molecule is COCCN(C)C[C@@H]1CCC[C@@H]2CN(c3ncccn3)C[C@H]21. The monoisotopic (exact) mass is 304 g/mol. The van der Waals surface area contributed by atoms with Gasteiger partial charge >= 0.3 is 0 Å². The Morgan fingerprint density at radius 1 is 1.27 bits per heavy atom. The van der Waals surface area contributed by atoms with Gasteiger partial charge in [-0.2, -0.15) is 0 Å². The molecule has 5 heteroatoms. The Morgan fingerprint density at radius 2 is 2.09 bits per heavy atom. The number of likely N-dealkylation sites (N-methyl/N-ethyl adjacent to an activating group) is 1. The number of methoxy groups -OCH3 is 1. The van der Waals surface area contributed by atoms with Crippen molar-refractivity contribution in [2.75, 3.05) is 51.8 Å². The molecule has 3 atom stereocenters. The number of hydrogen-bond donors (Lipinski definition) is 0. The van der Waals surface area contributed by atoms with Gasteiger partial charge in [0.2, 0.25) is 5.95 Å². The highest BCUT2D eigenvalue weighted by atomic mass is 16.5. The first kappa shape index (κ1) is 15.7. The van der Waals surface area contributed by atoms with Crippen molar-refractivity contribution >= 4 is 5.95 Å². The van der Waals surface area contributed by atoms with Crippen LogP contribution in [0.1, 0.15) is 19.3 Å². The first-order valence-corrected chi connectivity index (χ1v) is 8.47. The van der Waals surface area contributed by atoms with Gasteiger partial charge in [0.15, 0.2) is 0 Å². The van der Waals surface area contributed by atoms with Crippen molar-refractivity contribution in [3.8, 4) is 0 Å². The summed E-state index contributed by atoms with van der Waals surface area (Å²) >= 11 is 0. The minimum atomic E-state index is 0.794. The lowest BCUT2D eigenvalue weighted by molar-refractivity contribution is 0.118. The molecular formula is C17H28N4O. The van der Waals surface area contributed by atoms with E-state index in [9.17, 15) is 0 Å². The van der Waals surface area contributed by atoms with Crippen LogP contribution in [0.4, 0.5) is 5.95 Å². The third-order valence-electron chi connectivity index (χ3n) is 5.31. The second-order valence-electron chi connectivity index (χ2n) is 6.82. The quantitative estimate of drug-likeness (QED) is 0.803. The summed E-state index contributed by atoms with van der Waals surface area (Å²) in [5.74, 6) is 3.32. The van der Waals surface area contributed by atoms with E-state index in [1.165, 1.54) is 25.8 Å². The molecule has 1 aliphatic heterocycles. The molecule has 0 unspecified atom stereocenters. The van der Waals surface area contributed by atoms with Crippen LogP contribution in [0.15, 0.2) is 18.5 Å². The zero-order valence-corrected chi connectivity index (χ0v) is 13.8. The van der Waals surface area contributed by atoms with Gasteiger partial charge in [0.05, 0.1) is 6.61 Å². The molecule has 1 aromatic heterocycles. The largest absolute Gasteiger partial charge is 0.383 e. The summed E-state index contributed by atoms with van der Waals surface area (Å²) in [5.41, 5.74) is 0. The van der Waals surface area contributed by atoms with E-state index in [1.807, 2.05) is 18.5 Å². The molecule has 1 saturated heterocycles. The number of rotatable bonds is 6. The molecule has 5 nitrogen and oxygen atoms in total. The van der Waals surface area contributed by atoms with E-state index in [-0.39, 0.29) is 0 Å². The maximum Gasteiger partial charge on any atom is 0.225 e. The van der Waals surface area contributed by atoms with E-state index >= 15 is 0 Å². The fraction of sp³-hybridized carbons (Fsp3) is 0.765. The fourth-order valence-corrected chi connectivity index (χ4v) is 4.18. The summed E-state index contributed by atoms with van der Waals surface area (Å²) in [6.07, 6.45) is 7.79. The van der Waals surface area contributed by atoms with E-state index in [0.29, 0.717) is 0 Å². The maximum absolute atomic E-state index is 5.20. The van der Waals surface area contributed by atoms with Crippen LogP contribution < -0.4 is 4.90 Å². The Kier molecular flexibility index (Phi) is 5.26. The molecule has 0 bridgehead atoms. The minimum absolute atomic E-state index is 0.794. The third-order valence-corrected chi connectivity index (χ3v) is 5.31. The standard InChI is InChI=1S/C17H28N4O/c1-20(9-10-22-2)11-14-5-3-6-15-12-21(13-16(14)15)17-18-7-4-8-19-17/h4,7-8,14-16H,3,5-6,9-13H2,1-2H3/t14-,15+,16-/m0/s1. The second kappa shape index (κ2) is 7.38. The van der Waals surface area contributed by atoms with Crippen molar-refractivity contribution in [1.29, 1.82) is 0 Å². The average molecular weight is 304 g/mol. The Labute approximate surface area is 133 Å². The van der Waals surface area contributed by atoms with Crippen LogP contribution in [0.5, 0.6) is 0 Å². The molecule has 0 spiro atoms. The van der Waals surface area contributed by atoms with E-state index in [0.717, 1.165) is 49.9 Å². The normalized spacial score (nSPS) is 28.1. The molecule has 3 rings (SSSR count). The molecule has 122 valence electrons. The highest BCUT2D eigenvalue weighted by molar-refractivity contribution is 5.31. The highest BCUT2D eigenvalue weighted by Crippen LogP contribution is 2.41. The minimum Gasteiger partial charge on any atom is -0.383 e. The molecule has 2 heterocycles. The van der Waals surface area contributed by atoms with Crippen LogP contribution in [-0.4, -0.2) is 61.8 Å². The van der Waals surface area contributed by atoms with Gasteiger partial charge in [-0.15, -0.1) is 0 Å². The molecule has 1 saturated carbocycles. The number of anilines is 1. The van der Waals surface area contributed by atoms with Crippen LogP contribution in [0.3, 0.4) is 0 Å². The smallest absolute Gasteiger partial charge is 0.225 e. The van der Waals surface area contributed by atoms with Crippen molar-refractivity contribution in [2.24, 2.45) is 17.8 Å². The van der Waals surface area contributed by atoms with Gasteiger partial charge in [-0.3, -0.25) is 0 Å². The molecule has 0 amide bonds. The maximum atomic E-state index is 5.20. The van der Waals surface area contributed by atoms with E-state index in [2.05, 4.69) is 26.8 Å². The molecule has 1 aromatic rings. The zero-order chi connectivity index (χ0) is 15.4. The molecular weight excluding hydrogens is 276 g/mol. The summed E-state index contributed by atoms with van der Waals surface area (Å²) in [6.45, 7) is 5.29. The van der Waals surface area contributed by atoms with Crippen molar-refractivity contribution in [2.45, 2.75) is 19.3 Å². The van der Waals surface area contributed by atoms with Crippen LogP contribution in [0, 0.1) is 17.8 Å². The van der Waals surface area contributed by atoms with Gasteiger partial charge in [0.1, 0.15) is 0 Å². The van der Waals surface area contributed by atoms with E-state index < -0.39 is 0 Å². The lowest BCUT2D eigenvalue weighted by Crippen LogP contribution is -2.37. The molecule has 2 fully saturated rings. The molecule has 0 radical (unpaired) electrons. The van der Waals surface area contributed by atoms with Gasteiger partial charge in [-0.1, -0.05) is 6.42 Å². The third kappa shape index (κ3) is 3.58. The highest BCUT2D eigenvalue weighted by Gasteiger charge is 2.41. The zero-order valence-electron chi connectivity index (χ0n) is 13.8. The Hall–Kier alpha value is -1.20. The van der Waals surface area contributed by atoms with Crippen LogP contribution >= 0.6 is 0 Å². The Morgan fingerprint density at radius 3 is 2.86 bits per heavy atom. The number of ether oxygens (including phenoxy) is 1. The number of fused-ring (bicyclic) bond motifs is 1. The summed E-state index contributed by atoms with van der Waals surface area (Å²) in [7, 11) is 3.99. The van der Waals surface area contributed by atoms with Crippen molar-refractivity contribution in [3.05, 3.63) is 18.5 Å². The number of nitrogens with zero attached hydrogens (tertiary/aromatic N) is 4. The predicted octanol–water partition coefficient (Wildman–Crippen LogP) is 1.91. The summed E-state index contributed by atoms with van der Waals surface area (Å²) in [6, 6.07) is 1.89. The second-order valence-corrected chi connectivity index (χ2v) is 6.82. The first-order valence-electron chi connectivity index (χ1n) is 8.47. The van der Waals surface area contributed by atoms with Gasteiger partial charge < -0.3 is 14.5 Å². The summed E-state index contributed by atoms with van der Waals surface area (Å²) in [4.78, 5) is 13.7. The number of hydrogen-bond acceptors (Lipinski definition) is 5. The summed E-state index contributed by atoms with van der Waals surface area (Å²) in [5, 5.41) is 0. The molecule has 1 aliphatic carbocycles.